The Morgan fingerprint density at radius 2 is 2.13 bits per heavy atom. The third kappa shape index (κ3) is 3.39. The van der Waals surface area contributed by atoms with Crippen LogP contribution in [0, 0.1) is 6.92 Å². The van der Waals surface area contributed by atoms with Crippen molar-refractivity contribution in [1.82, 2.24) is 15.3 Å². The number of fused-ring (bicyclic) bond motifs is 1. The summed E-state index contributed by atoms with van der Waals surface area (Å²) in [7, 11) is 0. The van der Waals surface area contributed by atoms with Gasteiger partial charge >= 0.3 is 0 Å². The van der Waals surface area contributed by atoms with Gasteiger partial charge in [0.25, 0.3) is 5.91 Å². The summed E-state index contributed by atoms with van der Waals surface area (Å²) in [4.78, 5) is 23.1. The molecule has 1 aliphatic rings. The third-order valence-electron chi connectivity index (χ3n) is 3.92. The van der Waals surface area contributed by atoms with Gasteiger partial charge in [0.15, 0.2) is 0 Å². The number of aromatic nitrogens is 2. The Hall–Kier alpha value is -2.69. The molecule has 1 aromatic heterocycles. The maximum absolute atomic E-state index is 12.1. The summed E-state index contributed by atoms with van der Waals surface area (Å²) < 4.78 is 0. The highest BCUT2D eigenvalue weighted by atomic mass is 16.1. The summed E-state index contributed by atoms with van der Waals surface area (Å²) >= 11 is 0. The van der Waals surface area contributed by atoms with Crippen LogP contribution in [0.25, 0.3) is 0 Å². The number of nitrogens with zero attached hydrogens (tertiary/aromatic N) is 3. The van der Waals surface area contributed by atoms with Crippen molar-refractivity contribution in [3.05, 3.63) is 65.6 Å². The van der Waals surface area contributed by atoms with Crippen LogP contribution in [0.1, 0.15) is 27.4 Å². The fourth-order valence-corrected chi connectivity index (χ4v) is 2.78. The van der Waals surface area contributed by atoms with E-state index in [0.717, 1.165) is 25.3 Å². The minimum atomic E-state index is -0.200. The van der Waals surface area contributed by atoms with Gasteiger partial charge in [0.2, 0.25) is 0 Å². The van der Waals surface area contributed by atoms with Crippen LogP contribution in [-0.2, 0) is 13.0 Å². The predicted octanol–water partition coefficient (Wildman–Crippen LogP) is 2.26. The van der Waals surface area contributed by atoms with Crippen molar-refractivity contribution >= 4 is 11.7 Å². The first-order chi connectivity index (χ1) is 11.2. The van der Waals surface area contributed by atoms with Gasteiger partial charge in [-0.3, -0.25) is 4.79 Å². The molecule has 5 heteroatoms. The van der Waals surface area contributed by atoms with Gasteiger partial charge in [-0.05, 0) is 24.5 Å². The first kappa shape index (κ1) is 15.2. The molecule has 0 saturated carbocycles. The van der Waals surface area contributed by atoms with Crippen LogP contribution in [0.15, 0.2) is 43.0 Å². The average molecular weight is 308 g/mol. The number of hydrogen-bond acceptors (Lipinski definition) is 4. The molecule has 5 nitrogen and oxygen atoms in total. The molecule has 0 aliphatic carbocycles. The van der Waals surface area contributed by atoms with E-state index in [9.17, 15) is 4.79 Å². The normalized spacial score (nSPS) is 13.3. The Morgan fingerprint density at radius 3 is 2.91 bits per heavy atom. The molecule has 0 spiro atoms. The van der Waals surface area contributed by atoms with Crippen LogP contribution in [0.5, 0.6) is 0 Å². The molecule has 0 unspecified atom stereocenters. The van der Waals surface area contributed by atoms with Gasteiger partial charge in [0.05, 0.1) is 0 Å². The van der Waals surface area contributed by atoms with E-state index in [-0.39, 0.29) is 5.91 Å². The lowest BCUT2D eigenvalue weighted by Gasteiger charge is -2.30. The second-order valence-corrected chi connectivity index (χ2v) is 5.60. The van der Waals surface area contributed by atoms with Crippen LogP contribution in [0.2, 0.25) is 0 Å². The van der Waals surface area contributed by atoms with Gasteiger partial charge in [-0.25, -0.2) is 9.97 Å². The maximum atomic E-state index is 12.1. The van der Waals surface area contributed by atoms with Crippen LogP contribution in [0.3, 0.4) is 0 Å². The smallest absolute Gasteiger partial charge is 0.270 e. The van der Waals surface area contributed by atoms with Crippen molar-refractivity contribution in [3.63, 3.8) is 0 Å². The number of amides is 1. The molecule has 0 saturated heterocycles. The fraction of sp³-hybridized carbons (Fsp3) is 0.278. The van der Waals surface area contributed by atoms with E-state index in [2.05, 4.69) is 51.0 Å². The van der Waals surface area contributed by atoms with Crippen molar-refractivity contribution in [2.45, 2.75) is 19.9 Å². The highest BCUT2D eigenvalue weighted by Crippen LogP contribution is 2.23. The molecule has 2 heterocycles. The second-order valence-electron chi connectivity index (χ2n) is 5.60. The van der Waals surface area contributed by atoms with Crippen LogP contribution >= 0.6 is 0 Å². The summed E-state index contributed by atoms with van der Waals surface area (Å²) in [5.74, 6) is 1.20. The number of carbonyl (C=O) groups excluding carboxylic acids is 1. The van der Waals surface area contributed by atoms with E-state index in [0.29, 0.717) is 18.1 Å². The van der Waals surface area contributed by atoms with E-state index >= 15 is 0 Å². The lowest BCUT2D eigenvalue weighted by molar-refractivity contribution is 0.0952. The Kier molecular flexibility index (Phi) is 4.37. The Labute approximate surface area is 136 Å². The summed E-state index contributed by atoms with van der Waals surface area (Å²) in [6, 6.07) is 10.2. The van der Waals surface area contributed by atoms with Crippen molar-refractivity contribution in [1.29, 1.82) is 0 Å². The van der Waals surface area contributed by atoms with Crippen molar-refractivity contribution in [2.24, 2.45) is 0 Å². The number of carbonyl (C=O) groups is 1. The molecule has 0 atom stereocenters. The topological polar surface area (TPSA) is 58.1 Å². The Bertz CT molecular complexity index is 742. The lowest BCUT2D eigenvalue weighted by Crippen LogP contribution is -2.32. The summed E-state index contributed by atoms with van der Waals surface area (Å²) in [6.07, 6.45) is 2.63. The SMILES string of the molecule is C=CCNC(=O)c1cc(N2CCc3ccccc3C2)nc(C)n1. The zero-order valence-corrected chi connectivity index (χ0v) is 13.2. The van der Waals surface area contributed by atoms with Gasteiger partial charge in [-0.1, -0.05) is 30.3 Å². The van der Waals surface area contributed by atoms with E-state index in [1.807, 2.05) is 6.92 Å². The van der Waals surface area contributed by atoms with Crippen LogP contribution in [0.4, 0.5) is 5.82 Å². The van der Waals surface area contributed by atoms with Gasteiger partial charge in [-0.15, -0.1) is 6.58 Å². The quantitative estimate of drug-likeness (QED) is 0.880. The first-order valence-corrected chi connectivity index (χ1v) is 7.74. The molecule has 1 aromatic carbocycles. The van der Waals surface area contributed by atoms with E-state index in [1.165, 1.54) is 11.1 Å². The zero-order chi connectivity index (χ0) is 16.2. The molecule has 1 N–H and O–H groups in total. The van der Waals surface area contributed by atoms with E-state index < -0.39 is 0 Å². The number of rotatable bonds is 4. The van der Waals surface area contributed by atoms with Gasteiger partial charge in [-0.2, -0.15) is 0 Å². The molecule has 1 amide bonds. The van der Waals surface area contributed by atoms with Gasteiger partial charge in [0, 0.05) is 25.7 Å². The zero-order valence-electron chi connectivity index (χ0n) is 13.2. The molecular weight excluding hydrogens is 288 g/mol. The fourth-order valence-electron chi connectivity index (χ4n) is 2.78. The average Bonchev–Trinajstić information content (AvgIpc) is 2.58. The van der Waals surface area contributed by atoms with Gasteiger partial charge in [0.1, 0.15) is 17.3 Å². The van der Waals surface area contributed by atoms with E-state index in [1.54, 1.807) is 12.1 Å². The number of anilines is 1. The monoisotopic (exact) mass is 308 g/mol. The minimum Gasteiger partial charge on any atom is -0.352 e. The van der Waals surface area contributed by atoms with Crippen molar-refractivity contribution in [2.75, 3.05) is 18.0 Å². The second kappa shape index (κ2) is 6.60. The van der Waals surface area contributed by atoms with Crippen LogP contribution < -0.4 is 10.2 Å². The number of nitrogens with one attached hydrogen (secondary N) is 1. The van der Waals surface area contributed by atoms with E-state index in [4.69, 9.17) is 0 Å². The molecule has 118 valence electrons. The summed E-state index contributed by atoms with van der Waals surface area (Å²) in [5.41, 5.74) is 3.10. The maximum Gasteiger partial charge on any atom is 0.270 e. The molecule has 2 aromatic rings. The summed E-state index contributed by atoms with van der Waals surface area (Å²) in [6.45, 7) is 7.53. The number of hydrogen-bond donors (Lipinski definition) is 1. The molecule has 0 radical (unpaired) electrons. The van der Waals surface area contributed by atoms with Gasteiger partial charge < -0.3 is 10.2 Å². The number of benzene rings is 1. The summed E-state index contributed by atoms with van der Waals surface area (Å²) in [5, 5.41) is 2.76. The standard InChI is InChI=1S/C18H20N4O/c1-3-9-19-18(23)16-11-17(21-13(2)20-16)22-10-8-14-6-4-5-7-15(14)12-22/h3-7,11H,1,8-10,12H2,2H3,(H,19,23). The van der Waals surface area contributed by atoms with Crippen molar-refractivity contribution in [3.8, 4) is 0 Å². The largest absolute Gasteiger partial charge is 0.352 e. The third-order valence-corrected chi connectivity index (χ3v) is 3.92. The molecule has 23 heavy (non-hydrogen) atoms. The highest BCUT2D eigenvalue weighted by molar-refractivity contribution is 5.93. The molecule has 3 rings (SSSR count). The first-order valence-electron chi connectivity index (χ1n) is 7.74. The number of aryl methyl sites for hydroxylation is 1. The molecule has 0 bridgehead atoms. The molecular formula is C18H20N4O. The Morgan fingerprint density at radius 1 is 1.35 bits per heavy atom. The van der Waals surface area contributed by atoms with Crippen LogP contribution in [-0.4, -0.2) is 29.0 Å². The highest BCUT2D eigenvalue weighted by Gasteiger charge is 2.19. The molecule has 1 aliphatic heterocycles. The molecule has 0 fully saturated rings. The minimum absolute atomic E-state index is 0.200. The van der Waals surface area contributed by atoms with Crippen molar-refractivity contribution < 1.29 is 4.79 Å². The predicted molar refractivity (Wildman–Crippen MR) is 90.5 cm³/mol. The Balaban J connectivity index is 1.85. The lowest BCUT2D eigenvalue weighted by atomic mass is 10.00.